The van der Waals surface area contributed by atoms with Gasteiger partial charge in [-0.2, -0.15) is 4.58 Å². The quantitative estimate of drug-likeness (QED) is 0.868. The number of hydrazine groups is 1. The van der Waals surface area contributed by atoms with Gasteiger partial charge in [0, 0.05) is 30.5 Å². The summed E-state index contributed by atoms with van der Waals surface area (Å²) < 4.78 is 2.30. The lowest BCUT2D eigenvalue weighted by molar-refractivity contribution is -0.401. The minimum absolute atomic E-state index is 0.0203. The number of fused-ring (bicyclic) bond motifs is 2. The first kappa shape index (κ1) is 15.0. The third kappa shape index (κ3) is 2.23. The highest BCUT2D eigenvalue weighted by atomic mass is 15.5. The van der Waals surface area contributed by atoms with E-state index in [9.17, 15) is 0 Å². The molecule has 0 atom stereocenters. The van der Waals surface area contributed by atoms with Gasteiger partial charge in [0.15, 0.2) is 5.71 Å². The van der Waals surface area contributed by atoms with Gasteiger partial charge in [-0.3, -0.25) is 5.01 Å². The summed E-state index contributed by atoms with van der Waals surface area (Å²) in [4.78, 5) is 0. The minimum Gasteiger partial charge on any atom is -0.305 e. The van der Waals surface area contributed by atoms with Crippen LogP contribution in [0, 0.1) is 0 Å². The van der Waals surface area contributed by atoms with Crippen LogP contribution in [0.3, 0.4) is 0 Å². The van der Waals surface area contributed by atoms with Gasteiger partial charge in [0.2, 0.25) is 5.69 Å². The zero-order valence-corrected chi connectivity index (χ0v) is 14.6. The second kappa shape index (κ2) is 5.52. The smallest absolute Gasteiger partial charge is 0.209 e. The summed E-state index contributed by atoms with van der Waals surface area (Å²) in [5.41, 5.74) is 10.2. The van der Waals surface area contributed by atoms with Gasteiger partial charge in [-0.25, -0.2) is 0 Å². The zero-order chi connectivity index (χ0) is 16.7. The average molecular weight is 318 g/mol. The Morgan fingerprint density at radius 3 is 2.67 bits per heavy atom. The van der Waals surface area contributed by atoms with E-state index in [1.54, 1.807) is 0 Å². The molecule has 0 fully saturated rings. The number of hydrogen-bond acceptors (Lipinski definition) is 2. The summed E-state index contributed by atoms with van der Waals surface area (Å²) in [6.07, 6.45) is 5.38. The van der Waals surface area contributed by atoms with Crippen molar-refractivity contribution in [3.8, 4) is 0 Å². The van der Waals surface area contributed by atoms with Gasteiger partial charge >= 0.3 is 0 Å². The molecular formula is C21H24N3+. The Kier molecular flexibility index (Phi) is 3.45. The molecule has 2 aromatic carbocycles. The highest BCUT2D eigenvalue weighted by molar-refractivity contribution is 6.02. The standard InChI is InChI=1S/C21H23N3/c1-21(2)17-9-5-7-11-19(17)23(3)20(21)12-14-22-24-15-13-16-8-4-6-10-18(16)24/h4-12,14H,13,15H2,1-3H3/p+1. The van der Waals surface area contributed by atoms with E-state index >= 15 is 0 Å². The summed E-state index contributed by atoms with van der Waals surface area (Å²) in [7, 11) is 2.15. The lowest BCUT2D eigenvalue weighted by atomic mass is 9.81. The summed E-state index contributed by atoms with van der Waals surface area (Å²) >= 11 is 0. The highest BCUT2D eigenvalue weighted by Crippen LogP contribution is 2.38. The third-order valence-electron chi connectivity index (χ3n) is 5.30. The van der Waals surface area contributed by atoms with Crippen molar-refractivity contribution < 1.29 is 4.58 Å². The van der Waals surface area contributed by atoms with Crippen molar-refractivity contribution in [1.82, 2.24) is 5.43 Å². The Bertz CT molecular complexity index is 846. The second-order valence-electron chi connectivity index (χ2n) is 7.08. The van der Waals surface area contributed by atoms with Crippen LogP contribution in [0.5, 0.6) is 0 Å². The molecule has 24 heavy (non-hydrogen) atoms. The van der Waals surface area contributed by atoms with Crippen molar-refractivity contribution in [3.63, 3.8) is 0 Å². The lowest BCUT2D eigenvalue weighted by Crippen LogP contribution is -2.33. The molecule has 2 aliphatic rings. The van der Waals surface area contributed by atoms with Crippen molar-refractivity contribution in [2.24, 2.45) is 0 Å². The number of nitrogens with zero attached hydrogens (tertiary/aromatic N) is 2. The lowest BCUT2D eigenvalue weighted by Gasteiger charge is -2.19. The molecule has 122 valence electrons. The van der Waals surface area contributed by atoms with E-state index in [1.807, 2.05) is 0 Å². The number of hydrogen-bond donors (Lipinski definition) is 1. The maximum Gasteiger partial charge on any atom is 0.209 e. The topological polar surface area (TPSA) is 18.3 Å². The van der Waals surface area contributed by atoms with Crippen molar-refractivity contribution >= 4 is 17.1 Å². The van der Waals surface area contributed by atoms with E-state index < -0.39 is 0 Å². The molecule has 0 saturated heterocycles. The molecule has 0 radical (unpaired) electrons. The van der Waals surface area contributed by atoms with Crippen LogP contribution in [-0.2, 0) is 11.8 Å². The predicted octanol–water partition coefficient (Wildman–Crippen LogP) is 3.77. The van der Waals surface area contributed by atoms with Gasteiger partial charge in [-0.15, -0.1) is 0 Å². The van der Waals surface area contributed by atoms with E-state index in [4.69, 9.17) is 0 Å². The fraction of sp³-hybridized carbons (Fsp3) is 0.286. The molecule has 0 aromatic heterocycles. The Balaban J connectivity index is 1.56. The fourth-order valence-corrected chi connectivity index (χ4v) is 3.98. The molecule has 0 bridgehead atoms. The van der Waals surface area contributed by atoms with Crippen LogP contribution in [0.25, 0.3) is 0 Å². The second-order valence-corrected chi connectivity index (χ2v) is 7.08. The zero-order valence-electron chi connectivity index (χ0n) is 14.6. The van der Waals surface area contributed by atoms with Gasteiger partial charge in [-0.1, -0.05) is 36.4 Å². The largest absolute Gasteiger partial charge is 0.305 e. The van der Waals surface area contributed by atoms with E-state index in [0.29, 0.717) is 0 Å². The fourth-order valence-electron chi connectivity index (χ4n) is 3.98. The van der Waals surface area contributed by atoms with Gasteiger partial charge in [0.25, 0.3) is 0 Å². The number of allylic oxidation sites excluding steroid dienone is 1. The first-order chi connectivity index (χ1) is 11.6. The van der Waals surface area contributed by atoms with Crippen LogP contribution in [0.1, 0.15) is 25.0 Å². The molecule has 3 heteroatoms. The third-order valence-corrected chi connectivity index (χ3v) is 5.30. The van der Waals surface area contributed by atoms with Gasteiger partial charge in [-0.05, 0) is 31.9 Å². The Hall–Kier alpha value is -2.55. The predicted molar refractivity (Wildman–Crippen MR) is 100 cm³/mol. The molecule has 0 unspecified atom stereocenters. The summed E-state index contributed by atoms with van der Waals surface area (Å²) in [5, 5.41) is 2.22. The van der Waals surface area contributed by atoms with Crippen molar-refractivity contribution in [3.05, 3.63) is 71.9 Å². The van der Waals surface area contributed by atoms with Crippen molar-refractivity contribution in [2.75, 3.05) is 18.6 Å². The molecule has 0 spiro atoms. The molecule has 0 amide bonds. The molecule has 2 aromatic rings. The number of anilines is 1. The van der Waals surface area contributed by atoms with Crippen molar-refractivity contribution in [1.29, 1.82) is 0 Å². The van der Waals surface area contributed by atoms with E-state index in [0.717, 1.165) is 13.0 Å². The average Bonchev–Trinajstić information content (AvgIpc) is 3.08. The number of rotatable bonds is 3. The van der Waals surface area contributed by atoms with Crippen LogP contribution in [0.2, 0.25) is 0 Å². The molecule has 4 rings (SSSR count). The molecular weight excluding hydrogens is 294 g/mol. The number of benzene rings is 2. The summed E-state index contributed by atoms with van der Waals surface area (Å²) in [6.45, 7) is 5.60. The van der Waals surface area contributed by atoms with Gasteiger partial charge in [0.05, 0.1) is 11.1 Å². The SMILES string of the molecule is C[N+]1=C(C=CNN2CCc3ccccc32)C(C)(C)c2ccccc21. The van der Waals surface area contributed by atoms with Crippen LogP contribution < -0.4 is 10.4 Å². The Morgan fingerprint density at radius 2 is 1.83 bits per heavy atom. The molecule has 3 nitrogen and oxygen atoms in total. The number of para-hydroxylation sites is 2. The molecule has 0 saturated carbocycles. The van der Waals surface area contributed by atoms with E-state index in [-0.39, 0.29) is 5.41 Å². The maximum absolute atomic E-state index is 3.46. The molecule has 2 heterocycles. The minimum atomic E-state index is 0.0203. The van der Waals surface area contributed by atoms with Crippen LogP contribution in [-0.4, -0.2) is 23.9 Å². The van der Waals surface area contributed by atoms with E-state index in [2.05, 4.69) is 96.7 Å². The van der Waals surface area contributed by atoms with Gasteiger partial charge in [0.1, 0.15) is 7.05 Å². The Labute approximate surface area is 143 Å². The summed E-state index contributed by atoms with van der Waals surface area (Å²) in [5.74, 6) is 0. The maximum atomic E-state index is 3.46. The number of nitrogens with one attached hydrogen (secondary N) is 1. The van der Waals surface area contributed by atoms with Crippen molar-refractivity contribution in [2.45, 2.75) is 25.7 Å². The van der Waals surface area contributed by atoms with Gasteiger partial charge < -0.3 is 5.43 Å². The molecule has 2 aliphatic heterocycles. The first-order valence-electron chi connectivity index (χ1n) is 8.58. The highest BCUT2D eigenvalue weighted by Gasteiger charge is 2.42. The normalized spacial score (nSPS) is 18.2. The van der Waals surface area contributed by atoms with E-state index in [1.165, 1.54) is 28.2 Å². The monoisotopic (exact) mass is 318 g/mol. The van der Waals surface area contributed by atoms with Crippen LogP contribution >= 0.6 is 0 Å². The van der Waals surface area contributed by atoms with Crippen LogP contribution in [0.15, 0.2) is 60.8 Å². The van der Waals surface area contributed by atoms with Crippen LogP contribution in [0.4, 0.5) is 11.4 Å². The summed E-state index contributed by atoms with van der Waals surface area (Å²) in [6, 6.07) is 17.3. The molecule has 0 aliphatic carbocycles. The first-order valence-corrected chi connectivity index (χ1v) is 8.58. The Morgan fingerprint density at radius 1 is 1.08 bits per heavy atom. The molecule has 1 N–H and O–H groups in total.